The summed E-state index contributed by atoms with van der Waals surface area (Å²) in [5, 5.41) is 28.7. The molecule has 0 amide bonds. The Morgan fingerprint density at radius 1 is 0.958 bits per heavy atom. The van der Waals surface area contributed by atoms with Crippen LogP contribution in [0.25, 0.3) is 6.08 Å². The fraction of sp³-hybridized carbons (Fsp3) is 0.300. The highest BCUT2D eigenvalue weighted by atomic mass is 16.5. The minimum Gasteiger partial charge on any atom is -0.508 e. The number of phenolic OH excluding ortho intramolecular Hbond substituents is 2. The van der Waals surface area contributed by atoms with Crippen LogP contribution in [-0.4, -0.2) is 34.6 Å². The first-order valence-corrected chi connectivity index (χ1v) is 8.03. The third-order valence-corrected chi connectivity index (χ3v) is 3.91. The maximum Gasteiger partial charge on any atom is 0.115 e. The Hall–Kier alpha value is -2.30. The van der Waals surface area contributed by atoms with E-state index < -0.39 is 6.10 Å². The van der Waals surface area contributed by atoms with Gasteiger partial charge >= 0.3 is 0 Å². The van der Waals surface area contributed by atoms with Crippen LogP contribution in [0.15, 0.2) is 54.6 Å². The zero-order chi connectivity index (χ0) is 17.4. The van der Waals surface area contributed by atoms with Gasteiger partial charge in [0.1, 0.15) is 11.5 Å². The molecule has 0 radical (unpaired) electrons. The molecule has 0 aromatic heterocycles. The molecule has 128 valence electrons. The van der Waals surface area contributed by atoms with Crippen molar-refractivity contribution in [1.29, 1.82) is 0 Å². The highest BCUT2D eigenvalue weighted by Gasteiger charge is 2.11. The molecule has 0 spiro atoms. The number of phenols is 2. The summed E-state index contributed by atoms with van der Waals surface area (Å²) in [7, 11) is 1.62. The number of ether oxygens (including phenoxy) is 1. The zero-order valence-corrected chi connectivity index (χ0v) is 13.8. The number of benzene rings is 2. The molecule has 0 aliphatic heterocycles. The van der Waals surface area contributed by atoms with Crippen molar-refractivity contribution in [1.82, 2.24) is 0 Å². The maximum atomic E-state index is 10.2. The largest absolute Gasteiger partial charge is 0.508 e. The molecule has 2 rings (SSSR count). The van der Waals surface area contributed by atoms with Crippen LogP contribution in [0.4, 0.5) is 0 Å². The maximum absolute atomic E-state index is 10.2. The van der Waals surface area contributed by atoms with E-state index in [0.717, 1.165) is 17.5 Å². The number of aliphatic hydroxyl groups is 1. The molecule has 0 saturated carbocycles. The Morgan fingerprint density at radius 3 is 2.12 bits per heavy atom. The van der Waals surface area contributed by atoms with Crippen molar-refractivity contribution in [2.45, 2.75) is 31.5 Å². The zero-order valence-electron chi connectivity index (χ0n) is 13.8. The average Bonchev–Trinajstić information content (AvgIpc) is 2.59. The lowest BCUT2D eigenvalue weighted by molar-refractivity contribution is 0.0685. The summed E-state index contributed by atoms with van der Waals surface area (Å²) in [5.41, 5.74) is 2.05. The minimum absolute atomic E-state index is 0.173. The minimum atomic E-state index is -0.465. The summed E-state index contributed by atoms with van der Waals surface area (Å²) < 4.78 is 5.40. The van der Waals surface area contributed by atoms with Crippen LogP contribution in [0.3, 0.4) is 0 Å². The lowest BCUT2D eigenvalue weighted by atomic mass is 10.0. The summed E-state index contributed by atoms with van der Waals surface area (Å²) in [6, 6.07) is 13.9. The van der Waals surface area contributed by atoms with Crippen molar-refractivity contribution in [3.8, 4) is 11.5 Å². The number of aromatic hydroxyl groups is 2. The number of methoxy groups -OCH3 is 1. The predicted octanol–water partition coefficient (Wildman–Crippen LogP) is 3.51. The molecule has 2 atom stereocenters. The molecule has 0 aliphatic carbocycles. The number of hydrogen-bond donors (Lipinski definition) is 3. The first-order chi connectivity index (χ1) is 11.6. The van der Waals surface area contributed by atoms with Gasteiger partial charge < -0.3 is 20.1 Å². The fourth-order valence-electron chi connectivity index (χ4n) is 2.44. The highest BCUT2D eigenvalue weighted by Crippen LogP contribution is 2.16. The van der Waals surface area contributed by atoms with E-state index in [2.05, 4.69) is 0 Å². The van der Waals surface area contributed by atoms with Gasteiger partial charge in [0.25, 0.3) is 0 Å². The highest BCUT2D eigenvalue weighted by molar-refractivity contribution is 5.50. The molecule has 2 aromatic rings. The van der Waals surface area contributed by atoms with Crippen LogP contribution >= 0.6 is 0 Å². The quantitative estimate of drug-likeness (QED) is 0.693. The smallest absolute Gasteiger partial charge is 0.115 e. The second kappa shape index (κ2) is 9.11. The lowest BCUT2D eigenvalue weighted by Gasteiger charge is -2.16. The number of aliphatic hydroxyl groups excluding tert-OH is 1. The van der Waals surface area contributed by atoms with Gasteiger partial charge in [-0.05, 0) is 48.2 Å². The van der Waals surface area contributed by atoms with Gasteiger partial charge in [0.05, 0.1) is 12.2 Å². The van der Waals surface area contributed by atoms with Gasteiger partial charge in [0.15, 0.2) is 0 Å². The molecule has 4 heteroatoms. The van der Waals surface area contributed by atoms with E-state index in [1.165, 1.54) is 0 Å². The summed E-state index contributed by atoms with van der Waals surface area (Å²) >= 11 is 0. The van der Waals surface area contributed by atoms with E-state index in [4.69, 9.17) is 4.74 Å². The summed E-state index contributed by atoms with van der Waals surface area (Å²) in [5.74, 6) is 0.484. The van der Waals surface area contributed by atoms with Gasteiger partial charge in [-0.15, -0.1) is 0 Å². The first-order valence-electron chi connectivity index (χ1n) is 8.03. The van der Waals surface area contributed by atoms with Gasteiger partial charge in [-0.25, -0.2) is 0 Å². The van der Waals surface area contributed by atoms with Crippen molar-refractivity contribution in [3.05, 3.63) is 65.7 Å². The van der Waals surface area contributed by atoms with Crippen molar-refractivity contribution < 1.29 is 20.1 Å². The molecule has 2 aromatic carbocycles. The SMILES string of the molecule is CO[C@H](/C=C/c1ccc(O)cc1)C[C@@H](O)CCc1ccc(O)cc1. The molecule has 24 heavy (non-hydrogen) atoms. The normalized spacial score (nSPS) is 13.9. The topological polar surface area (TPSA) is 69.9 Å². The number of hydrogen-bond acceptors (Lipinski definition) is 4. The Labute approximate surface area is 142 Å². The lowest BCUT2D eigenvalue weighted by Crippen LogP contribution is -2.18. The van der Waals surface area contributed by atoms with Crippen molar-refractivity contribution in [2.24, 2.45) is 0 Å². The Balaban J connectivity index is 1.82. The van der Waals surface area contributed by atoms with E-state index in [1.54, 1.807) is 31.4 Å². The molecule has 0 bridgehead atoms. The van der Waals surface area contributed by atoms with Crippen LogP contribution in [-0.2, 0) is 11.2 Å². The van der Waals surface area contributed by atoms with Gasteiger partial charge in [-0.3, -0.25) is 0 Å². The van der Waals surface area contributed by atoms with E-state index in [1.807, 2.05) is 36.4 Å². The molecular formula is C20H24O4. The Bertz CT molecular complexity index is 632. The summed E-state index contributed by atoms with van der Waals surface area (Å²) in [6.07, 6.45) is 5.10. The molecule has 3 N–H and O–H groups in total. The predicted molar refractivity (Wildman–Crippen MR) is 95.0 cm³/mol. The van der Waals surface area contributed by atoms with E-state index in [-0.39, 0.29) is 17.6 Å². The standard InChI is InChI=1S/C20H24O4/c1-24-20(13-7-16-4-10-18(22)11-5-16)14-19(23)12-6-15-2-8-17(21)9-3-15/h2-5,7-11,13,19-23H,6,12,14H2,1H3/b13-7+/t19-,20+/m0/s1. The fourth-order valence-corrected chi connectivity index (χ4v) is 2.44. The second-order valence-corrected chi connectivity index (χ2v) is 5.82. The number of rotatable bonds is 8. The summed E-state index contributed by atoms with van der Waals surface area (Å²) in [6.45, 7) is 0. The third-order valence-electron chi connectivity index (χ3n) is 3.91. The van der Waals surface area contributed by atoms with Gasteiger partial charge in [-0.1, -0.05) is 36.4 Å². The summed E-state index contributed by atoms with van der Waals surface area (Å²) in [4.78, 5) is 0. The van der Waals surface area contributed by atoms with Gasteiger partial charge in [0.2, 0.25) is 0 Å². The Kier molecular flexibility index (Phi) is 6.85. The van der Waals surface area contributed by atoms with Crippen LogP contribution in [0.5, 0.6) is 11.5 Å². The monoisotopic (exact) mass is 328 g/mol. The molecular weight excluding hydrogens is 304 g/mol. The molecule has 0 saturated heterocycles. The first kappa shape index (κ1) is 18.0. The van der Waals surface area contributed by atoms with Crippen LogP contribution in [0, 0.1) is 0 Å². The number of aryl methyl sites for hydroxylation is 1. The third kappa shape index (κ3) is 6.07. The molecule has 0 fully saturated rings. The van der Waals surface area contributed by atoms with Crippen LogP contribution in [0.1, 0.15) is 24.0 Å². The van der Waals surface area contributed by atoms with Crippen molar-refractivity contribution in [3.63, 3.8) is 0 Å². The Morgan fingerprint density at radius 2 is 1.54 bits per heavy atom. The van der Waals surface area contributed by atoms with Crippen LogP contribution in [0.2, 0.25) is 0 Å². The molecule has 0 aliphatic rings. The average molecular weight is 328 g/mol. The second-order valence-electron chi connectivity index (χ2n) is 5.82. The van der Waals surface area contributed by atoms with E-state index in [9.17, 15) is 15.3 Å². The van der Waals surface area contributed by atoms with Gasteiger partial charge in [-0.2, -0.15) is 0 Å². The van der Waals surface area contributed by atoms with Crippen molar-refractivity contribution >= 4 is 6.08 Å². The molecule has 0 heterocycles. The van der Waals surface area contributed by atoms with Crippen molar-refractivity contribution in [2.75, 3.05) is 7.11 Å². The molecule has 4 nitrogen and oxygen atoms in total. The van der Waals surface area contributed by atoms with Gasteiger partial charge in [0, 0.05) is 13.5 Å². The molecule has 0 unspecified atom stereocenters. The van der Waals surface area contributed by atoms with E-state index >= 15 is 0 Å². The van der Waals surface area contributed by atoms with Crippen LogP contribution < -0.4 is 0 Å². The van der Waals surface area contributed by atoms with E-state index in [0.29, 0.717) is 12.8 Å².